The van der Waals surface area contributed by atoms with Crippen LogP contribution in [0.3, 0.4) is 0 Å². The quantitative estimate of drug-likeness (QED) is 0.867. The number of nitrogens with two attached hydrogens (primary N) is 1. The van der Waals surface area contributed by atoms with Gasteiger partial charge in [0.25, 0.3) is 0 Å². The third-order valence-corrected chi connectivity index (χ3v) is 5.46. The molecule has 94 valence electrons. The average Bonchev–Trinajstić information content (AvgIpc) is 3.00. The summed E-state index contributed by atoms with van der Waals surface area (Å²) < 4.78 is 0. The van der Waals surface area contributed by atoms with Crippen molar-refractivity contribution in [2.24, 2.45) is 5.73 Å². The highest BCUT2D eigenvalue weighted by Crippen LogP contribution is 2.38. The van der Waals surface area contributed by atoms with Gasteiger partial charge in [-0.1, -0.05) is 12.8 Å². The summed E-state index contributed by atoms with van der Waals surface area (Å²) in [6, 6.07) is 0.444. The second-order valence-corrected chi connectivity index (χ2v) is 6.59. The first kappa shape index (κ1) is 11.7. The summed E-state index contributed by atoms with van der Waals surface area (Å²) in [6.45, 7) is 0. The lowest BCUT2D eigenvalue weighted by atomic mass is 9.85. The van der Waals surface area contributed by atoms with Crippen LogP contribution in [0.15, 0.2) is 5.38 Å². The molecule has 0 unspecified atom stereocenters. The van der Waals surface area contributed by atoms with Crippen molar-refractivity contribution in [3.63, 3.8) is 0 Å². The van der Waals surface area contributed by atoms with E-state index in [-0.39, 0.29) is 0 Å². The highest BCUT2D eigenvalue weighted by atomic mass is 32.1. The van der Waals surface area contributed by atoms with Crippen molar-refractivity contribution in [2.45, 2.75) is 69.2 Å². The van der Waals surface area contributed by atoms with Crippen molar-refractivity contribution in [3.8, 4) is 0 Å². The van der Waals surface area contributed by atoms with Gasteiger partial charge in [-0.2, -0.15) is 0 Å². The highest BCUT2D eigenvalue weighted by molar-refractivity contribution is 7.09. The fraction of sp³-hybridized carbons (Fsp3) is 0.786. The Kier molecular flexibility index (Phi) is 3.48. The minimum Gasteiger partial charge on any atom is -0.328 e. The van der Waals surface area contributed by atoms with Gasteiger partial charge >= 0.3 is 0 Å². The van der Waals surface area contributed by atoms with E-state index in [2.05, 4.69) is 5.38 Å². The third-order valence-electron chi connectivity index (χ3n) is 4.43. The van der Waals surface area contributed by atoms with E-state index in [9.17, 15) is 0 Å². The van der Waals surface area contributed by atoms with Gasteiger partial charge in [0.05, 0.1) is 10.7 Å². The molecule has 0 aromatic carbocycles. The summed E-state index contributed by atoms with van der Waals surface area (Å²) in [6.07, 6.45) is 10.4. The number of hydrogen-bond acceptors (Lipinski definition) is 3. The molecule has 2 N–H and O–H groups in total. The molecule has 3 heteroatoms. The van der Waals surface area contributed by atoms with Crippen LogP contribution in [0.2, 0.25) is 0 Å². The first-order chi connectivity index (χ1) is 8.33. The zero-order chi connectivity index (χ0) is 11.7. The summed E-state index contributed by atoms with van der Waals surface area (Å²) in [5.41, 5.74) is 7.33. The van der Waals surface area contributed by atoms with Gasteiger partial charge < -0.3 is 5.73 Å². The second kappa shape index (κ2) is 5.07. The van der Waals surface area contributed by atoms with Gasteiger partial charge in [0.15, 0.2) is 0 Å². The number of aromatic nitrogens is 1. The van der Waals surface area contributed by atoms with Crippen LogP contribution >= 0.6 is 11.3 Å². The van der Waals surface area contributed by atoms with Crippen molar-refractivity contribution in [1.82, 2.24) is 4.98 Å². The average molecular weight is 250 g/mol. The molecule has 0 spiro atoms. The lowest BCUT2D eigenvalue weighted by Gasteiger charge is -2.24. The van der Waals surface area contributed by atoms with E-state index in [1.165, 1.54) is 62.1 Å². The molecule has 1 aromatic heterocycles. The molecule has 2 nitrogen and oxygen atoms in total. The van der Waals surface area contributed by atoms with Crippen LogP contribution in [-0.4, -0.2) is 11.0 Å². The molecule has 2 fully saturated rings. The molecule has 0 amide bonds. The summed E-state index contributed by atoms with van der Waals surface area (Å²) in [5, 5.41) is 3.72. The largest absolute Gasteiger partial charge is 0.328 e. The van der Waals surface area contributed by atoms with Crippen molar-refractivity contribution in [2.75, 3.05) is 0 Å². The van der Waals surface area contributed by atoms with Crippen molar-refractivity contribution >= 4 is 11.3 Å². The second-order valence-electron chi connectivity index (χ2n) is 5.70. The zero-order valence-corrected chi connectivity index (χ0v) is 11.2. The summed E-state index contributed by atoms with van der Waals surface area (Å²) >= 11 is 1.90. The van der Waals surface area contributed by atoms with Gasteiger partial charge in [0.2, 0.25) is 0 Å². The number of nitrogens with zero attached hydrogens (tertiary/aromatic N) is 1. The summed E-state index contributed by atoms with van der Waals surface area (Å²) in [4.78, 5) is 4.92. The van der Waals surface area contributed by atoms with E-state index < -0.39 is 0 Å². The van der Waals surface area contributed by atoms with E-state index in [0.29, 0.717) is 12.0 Å². The number of thiazole rings is 1. The maximum Gasteiger partial charge on any atom is 0.0959 e. The fourth-order valence-corrected chi connectivity index (χ4v) is 4.34. The Bertz CT molecular complexity index is 360. The van der Waals surface area contributed by atoms with Crippen LogP contribution in [0, 0.1) is 0 Å². The van der Waals surface area contributed by atoms with Crippen LogP contribution in [0.5, 0.6) is 0 Å². The topological polar surface area (TPSA) is 38.9 Å². The molecule has 2 aliphatic carbocycles. The minimum absolute atomic E-state index is 0.444. The Balaban J connectivity index is 1.67. The maximum atomic E-state index is 5.96. The van der Waals surface area contributed by atoms with Crippen LogP contribution in [0.25, 0.3) is 0 Å². The molecule has 2 saturated carbocycles. The summed E-state index contributed by atoms with van der Waals surface area (Å²) in [7, 11) is 0. The lowest BCUT2D eigenvalue weighted by molar-refractivity contribution is 0.391. The molecule has 0 radical (unpaired) electrons. The molecular weight excluding hydrogens is 228 g/mol. The first-order valence-electron chi connectivity index (χ1n) is 7.04. The third kappa shape index (κ3) is 2.55. The molecular formula is C14H22N2S. The Morgan fingerprint density at radius 3 is 2.41 bits per heavy atom. The Labute approximate surface area is 108 Å². The molecule has 3 rings (SSSR count). The van der Waals surface area contributed by atoms with Crippen LogP contribution in [-0.2, 0) is 0 Å². The van der Waals surface area contributed by atoms with Crippen molar-refractivity contribution < 1.29 is 0 Å². The Morgan fingerprint density at radius 2 is 1.71 bits per heavy atom. The molecule has 0 atom stereocenters. The number of hydrogen-bond donors (Lipinski definition) is 1. The fourth-order valence-electron chi connectivity index (χ4n) is 3.26. The Morgan fingerprint density at radius 1 is 1.00 bits per heavy atom. The van der Waals surface area contributed by atoms with Crippen LogP contribution < -0.4 is 5.73 Å². The molecule has 1 heterocycles. The van der Waals surface area contributed by atoms with E-state index in [1.54, 1.807) is 0 Å². The van der Waals surface area contributed by atoms with Crippen LogP contribution in [0.1, 0.15) is 73.9 Å². The van der Waals surface area contributed by atoms with Gasteiger partial charge in [-0.05, 0) is 38.5 Å². The summed E-state index contributed by atoms with van der Waals surface area (Å²) in [5.74, 6) is 1.47. The van der Waals surface area contributed by atoms with Gasteiger partial charge in [0.1, 0.15) is 0 Å². The SMILES string of the molecule is NC1CCC(c2csc(C3CCCC3)n2)CC1. The van der Waals surface area contributed by atoms with Crippen molar-refractivity contribution in [1.29, 1.82) is 0 Å². The van der Waals surface area contributed by atoms with Crippen LogP contribution in [0.4, 0.5) is 0 Å². The smallest absolute Gasteiger partial charge is 0.0959 e. The number of rotatable bonds is 2. The Hall–Kier alpha value is -0.410. The molecule has 0 saturated heterocycles. The van der Waals surface area contributed by atoms with Gasteiger partial charge in [0, 0.05) is 23.3 Å². The van der Waals surface area contributed by atoms with Gasteiger partial charge in [-0.15, -0.1) is 11.3 Å². The molecule has 1 aromatic rings. The molecule has 0 aliphatic heterocycles. The van der Waals surface area contributed by atoms with E-state index in [0.717, 1.165) is 5.92 Å². The first-order valence-corrected chi connectivity index (χ1v) is 7.92. The molecule has 17 heavy (non-hydrogen) atoms. The van der Waals surface area contributed by atoms with E-state index in [1.807, 2.05) is 11.3 Å². The van der Waals surface area contributed by atoms with Gasteiger partial charge in [-0.25, -0.2) is 4.98 Å². The molecule has 0 bridgehead atoms. The maximum absolute atomic E-state index is 5.96. The lowest BCUT2D eigenvalue weighted by Crippen LogP contribution is -2.25. The highest BCUT2D eigenvalue weighted by Gasteiger charge is 2.24. The monoisotopic (exact) mass is 250 g/mol. The predicted octanol–water partition coefficient (Wildman–Crippen LogP) is 3.79. The van der Waals surface area contributed by atoms with Gasteiger partial charge in [-0.3, -0.25) is 0 Å². The predicted molar refractivity (Wildman–Crippen MR) is 72.5 cm³/mol. The zero-order valence-electron chi connectivity index (χ0n) is 10.4. The van der Waals surface area contributed by atoms with E-state index >= 15 is 0 Å². The minimum atomic E-state index is 0.444. The normalized spacial score (nSPS) is 30.9. The molecule has 2 aliphatic rings. The van der Waals surface area contributed by atoms with Crippen molar-refractivity contribution in [3.05, 3.63) is 16.1 Å². The van der Waals surface area contributed by atoms with E-state index in [4.69, 9.17) is 10.7 Å². The standard InChI is InChI=1S/C14H22N2S/c15-12-7-5-10(6-8-12)13-9-17-14(16-13)11-3-1-2-4-11/h9-12H,1-8,15H2.